The van der Waals surface area contributed by atoms with Gasteiger partial charge in [-0.25, -0.2) is 0 Å². The van der Waals surface area contributed by atoms with Crippen molar-refractivity contribution in [2.75, 3.05) is 11.4 Å². The van der Waals surface area contributed by atoms with E-state index in [2.05, 4.69) is 10.3 Å². The van der Waals surface area contributed by atoms with E-state index in [0.717, 1.165) is 11.4 Å². The number of amides is 2. The van der Waals surface area contributed by atoms with Crippen LogP contribution in [0, 0.1) is 5.92 Å². The van der Waals surface area contributed by atoms with Gasteiger partial charge in [-0.3, -0.25) is 14.6 Å². The Hall–Kier alpha value is -2.40. The number of hydrogen-bond acceptors (Lipinski definition) is 3. The molecule has 0 radical (unpaired) electrons. The van der Waals surface area contributed by atoms with Crippen LogP contribution in [-0.4, -0.2) is 23.3 Å². The number of nitrogens with one attached hydrogen (secondary N) is 1. The van der Waals surface area contributed by atoms with Crippen LogP contribution in [0.1, 0.15) is 12.1 Å². The first kappa shape index (κ1) is 15.5. The molecule has 0 unspecified atom stereocenters. The molecule has 2 amide bonds. The molecule has 6 heteroatoms. The molecule has 1 aliphatic heterocycles. The maximum absolute atomic E-state index is 12.5. The van der Waals surface area contributed by atoms with Crippen LogP contribution in [0.5, 0.6) is 0 Å². The lowest BCUT2D eigenvalue weighted by Crippen LogP contribution is -2.36. The Morgan fingerprint density at radius 2 is 2.04 bits per heavy atom. The van der Waals surface area contributed by atoms with E-state index >= 15 is 0 Å². The molecule has 3 rings (SSSR count). The summed E-state index contributed by atoms with van der Waals surface area (Å²) < 4.78 is 0. The van der Waals surface area contributed by atoms with Gasteiger partial charge in [-0.2, -0.15) is 0 Å². The summed E-state index contributed by atoms with van der Waals surface area (Å²) in [6.45, 7) is 0.854. The highest BCUT2D eigenvalue weighted by Gasteiger charge is 2.37. The smallest absolute Gasteiger partial charge is 0.239 e. The predicted molar refractivity (Wildman–Crippen MR) is 88.0 cm³/mol. The van der Waals surface area contributed by atoms with Crippen LogP contribution >= 0.6 is 11.6 Å². The largest absolute Gasteiger partial charge is 0.350 e. The molecule has 118 valence electrons. The molecule has 1 aromatic carbocycles. The molecule has 0 spiro atoms. The van der Waals surface area contributed by atoms with Crippen LogP contribution in [0.2, 0.25) is 5.02 Å². The number of pyridine rings is 1. The summed E-state index contributed by atoms with van der Waals surface area (Å²) in [7, 11) is 0. The highest BCUT2D eigenvalue weighted by Crippen LogP contribution is 2.26. The number of carbonyl (C=O) groups is 2. The van der Waals surface area contributed by atoms with Crippen molar-refractivity contribution >= 4 is 29.1 Å². The van der Waals surface area contributed by atoms with Gasteiger partial charge in [0.1, 0.15) is 5.92 Å². The SMILES string of the molecule is O=C(NCc1ccccn1)[C@@H]1CCN(c2ccc(Cl)cc2)C1=O. The number of benzene rings is 1. The standard InChI is InChI=1S/C17H16ClN3O2/c18-12-4-6-14(7-5-12)21-10-8-15(17(21)23)16(22)20-11-13-3-1-2-9-19-13/h1-7,9,15H,8,10-11H2,(H,20,22)/t15-/m0/s1. The van der Waals surface area contributed by atoms with Crippen LogP contribution in [-0.2, 0) is 16.1 Å². The number of halogens is 1. The first-order chi connectivity index (χ1) is 11.1. The van der Waals surface area contributed by atoms with Crippen molar-refractivity contribution in [1.29, 1.82) is 0 Å². The van der Waals surface area contributed by atoms with Crippen molar-refractivity contribution in [3.8, 4) is 0 Å². The molecular formula is C17H16ClN3O2. The molecule has 2 aromatic rings. The summed E-state index contributed by atoms with van der Waals surface area (Å²) in [6, 6.07) is 12.5. The summed E-state index contributed by atoms with van der Waals surface area (Å²) in [5.41, 5.74) is 1.53. The first-order valence-electron chi connectivity index (χ1n) is 7.40. The van der Waals surface area contributed by atoms with E-state index in [1.54, 1.807) is 35.4 Å². The maximum atomic E-state index is 12.5. The maximum Gasteiger partial charge on any atom is 0.239 e. The topological polar surface area (TPSA) is 62.3 Å². The van der Waals surface area contributed by atoms with Crippen LogP contribution < -0.4 is 10.2 Å². The second-order valence-electron chi connectivity index (χ2n) is 5.35. The Labute approximate surface area is 139 Å². The van der Waals surface area contributed by atoms with Crippen LogP contribution in [0.25, 0.3) is 0 Å². The van der Waals surface area contributed by atoms with Crippen molar-refractivity contribution < 1.29 is 9.59 Å². The second-order valence-corrected chi connectivity index (χ2v) is 5.78. The number of hydrogen-bond donors (Lipinski definition) is 1. The van der Waals surface area contributed by atoms with Crippen LogP contribution in [0.15, 0.2) is 48.7 Å². The van der Waals surface area contributed by atoms with Crippen molar-refractivity contribution in [1.82, 2.24) is 10.3 Å². The Morgan fingerprint density at radius 1 is 1.26 bits per heavy atom. The third-order valence-corrected chi connectivity index (χ3v) is 4.08. The number of aromatic nitrogens is 1. The highest BCUT2D eigenvalue weighted by molar-refractivity contribution is 6.30. The minimum absolute atomic E-state index is 0.175. The normalized spacial score (nSPS) is 17.3. The van der Waals surface area contributed by atoms with Gasteiger partial charge in [0.05, 0.1) is 12.2 Å². The van der Waals surface area contributed by atoms with Gasteiger partial charge < -0.3 is 10.2 Å². The second kappa shape index (κ2) is 6.79. The quantitative estimate of drug-likeness (QED) is 0.876. The van der Waals surface area contributed by atoms with Gasteiger partial charge in [0.25, 0.3) is 0 Å². The van der Waals surface area contributed by atoms with Gasteiger partial charge in [0.2, 0.25) is 11.8 Å². The van der Waals surface area contributed by atoms with Crippen molar-refractivity contribution in [3.63, 3.8) is 0 Å². The fourth-order valence-corrected chi connectivity index (χ4v) is 2.73. The summed E-state index contributed by atoms with van der Waals surface area (Å²) >= 11 is 5.86. The van der Waals surface area contributed by atoms with Gasteiger partial charge in [-0.1, -0.05) is 17.7 Å². The molecule has 1 aliphatic rings. The monoisotopic (exact) mass is 329 g/mol. The van der Waals surface area contributed by atoms with Gasteiger partial charge >= 0.3 is 0 Å². The van der Waals surface area contributed by atoms with E-state index < -0.39 is 5.92 Å². The average molecular weight is 330 g/mol. The molecule has 0 aliphatic carbocycles. The molecule has 0 saturated carbocycles. The highest BCUT2D eigenvalue weighted by atomic mass is 35.5. The van der Waals surface area contributed by atoms with Crippen LogP contribution in [0.3, 0.4) is 0 Å². The Bertz CT molecular complexity index is 704. The zero-order chi connectivity index (χ0) is 16.2. The van der Waals surface area contributed by atoms with E-state index in [0.29, 0.717) is 24.5 Å². The zero-order valence-electron chi connectivity index (χ0n) is 12.4. The van der Waals surface area contributed by atoms with Crippen LogP contribution in [0.4, 0.5) is 5.69 Å². The first-order valence-corrected chi connectivity index (χ1v) is 7.77. The summed E-state index contributed by atoms with van der Waals surface area (Å²) in [6.07, 6.45) is 2.18. The number of nitrogens with zero attached hydrogens (tertiary/aromatic N) is 2. The Balaban J connectivity index is 1.62. The van der Waals surface area contributed by atoms with Crippen molar-refractivity contribution in [2.24, 2.45) is 5.92 Å². The number of anilines is 1. The fraction of sp³-hybridized carbons (Fsp3) is 0.235. The lowest BCUT2D eigenvalue weighted by molar-refractivity contribution is -0.132. The lowest BCUT2D eigenvalue weighted by atomic mass is 10.1. The van der Waals surface area contributed by atoms with E-state index in [9.17, 15) is 9.59 Å². The number of carbonyl (C=O) groups excluding carboxylic acids is 2. The van der Waals surface area contributed by atoms with E-state index in [1.165, 1.54) is 0 Å². The third-order valence-electron chi connectivity index (χ3n) is 3.83. The third kappa shape index (κ3) is 3.51. The van der Waals surface area contributed by atoms with Crippen molar-refractivity contribution in [3.05, 3.63) is 59.4 Å². The summed E-state index contributed by atoms with van der Waals surface area (Å²) in [5, 5.41) is 3.40. The molecule has 5 nitrogen and oxygen atoms in total. The number of rotatable bonds is 4. The summed E-state index contributed by atoms with van der Waals surface area (Å²) in [5.74, 6) is -1.07. The molecule has 2 heterocycles. The minimum Gasteiger partial charge on any atom is -0.350 e. The van der Waals surface area contributed by atoms with E-state index in [-0.39, 0.29) is 11.8 Å². The zero-order valence-corrected chi connectivity index (χ0v) is 13.2. The van der Waals surface area contributed by atoms with Gasteiger partial charge in [-0.15, -0.1) is 0 Å². The molecule has 1 atom stereocenters. The molecule has 1 N–H and O–H groups in total. The predicted octanol–water partition coefficient (Wildman–Crippen LogP) is 2.40. The van der Waals surface area contributed by atoms with E-state index in [1.807, 2.05) is 18.2 Å². The molecule has 1 fully saturated rings. The fourth-order valence-electron chi connectivity index (χ4n) is 2.60. The molecule has 1 saturated heterocycles. The average Bonchev–Trinajstić information content (AvgIpc) is 2.96. The Kier molecular flexibility index (Phi) is 4.57. The summed E-state index contributed by atoms with van der Waals surface area (Å²) in [4.78, 5) is 30.5. The molecular weight excluding hydrogens is 314 g/mol. The molecule has 1 aromatic heterocycles. The van der Waals surface area contributed by atoms with Gasteiger partial charge in [-0.05, 0) is 42.8 Å². The minimum atomic E-state index is -0.644. The van der Waals surface area contributed by atoms with Gasteiger partial charge in [0.15, 0.2) is 0 Å². The Morgan fingerprint density at radius 3 is 2.74 bits per heavy atom. The molecule has 23 heavy (non-hydrogen) atoms. The van der Waals surface area contributed by atoms with E-state index in [4.69, 9.17) is 11.6 Å². The van der Waals surface area contributed by atoms with Gasteiger partial charge in [0, 0.05) is 23.5 Å². The van der Waals surface area contributed by atoms with Crippen molar-refractivity contribution in [2.45, 2.75) is 13.0 Å². The molecule has 0 bridgehead atoms. The lowest BCUT2D eigenvalue weighted by Gasteiger charge is -2.16.